The first-order valence-corrected chi connectivity index (χ1v) is 8.84. The lowest BCUT2D eigenvalue weighted by Crippen LogP contribution is -2.44. The predicted octanol–water partition coefficient (Wildman–Crippen LogP) is 3.80. The molecule has 0 unspecified atom stereocenters. The Bertz CT molecular complexity index is 538. The third kappa shape index (κ3) is 5.82. The smallest absolute Gasteiger partial charge is 0.261 e. The van der Waals surface area contributed by atoms with Crippen molar-refractivity contribution in [2.75, 3.05) is 0 Å². The highest BCUT2D eigenvalue weighted by molar-refractivity contribution is 7.80. The van der Waals surface area contributed by atoms with Gasteiger partial charge in [0.25, 0.3) is 5.91 Å². The lowest BCUT2D eigenvalue weighted by molar-refractivity contribution is 0.0970. The van der Waals surface area contributed by atoms with Crippen molar-refractivity contribution in [1.29, 1.82) is 0 Å². The van der Waals surface area contributed by atoms with Gasteiger partial charge >= 0.3 is 0 Å². The van der Waals surface area contributed by atoms with Gasteiger partial charge in [0.2, 0.25) is 0 Å². The maximum absolute atomic E-state index is 12.4. The quantitative estimate of drug-likeness (QED) is 0.649. The molecule has 126 valence electrons. The molecule has 0 aromatic heterocycles. The molecule has 1 aromatic rings. The van der Waals surface area contributed by atoms with Gasteiger partial charge < -0.3 is 10.1 Å². The summed E-state index contributed by atoms with van der Waals surface area (Å²) in [6.07, 6.45) is 7.26. The van der Waals surface area contributed by atoms with Crippen molar-refractivity contribution < 1.29 is 9.53 Å². The van der Waals surface area contributed by atoms with Crippen molar-refractivity contribution in [2.45, 2.75) is 64.5 Å². The number of nitrogens with one attached hydrogen (secondary N) is 2. The normalized spacial score (nSPS) is 15.8. The fraction of sp³-hybridized carbons (Fsp3) is 0.556. The molecule has 0 heterocycles. The molecule has 1 saturated carbocycles. The molecule has 5 heteroatoms. The SMILES string of the molecule is CC(C)Oc1ccccc1C(=O)NC(=S)NC1CCCCCC1. The molecule has 0 saturated heterocycles. The van der Waals surface area contributed by atoms with Gasteiger partial charge in [0.05, 0.1) is 11.7 Å². The summed E-state index contributed by atoms with van der Waals surface area (Å²) in [5.74, 6) is 0.352. The first-order valence-electron chi connectivity index (χ1n) is 8.44. The third-order valence-electron chi connectivity index (χ3n) is 3.91. The zero-order chi connectivity index (χ0) is 16.7. The Morgan fingerprint density at radius 2 is 1.83 bits per heavy atom. The molecule has 0 aliphatic heterocycles. The summed E-state index contributed by atoms with van der Waals surface area (Å²) >= 11 is 5.30. The van der Waals surface area contributed by atoms with Gasteiger partial charge in [0.15, 0.2) is 5.11 Å². The molecule has 23 heavy (non-hydrogen) atoms. The Kier molecular flexibility index (Phi) is 6.84. The number of para-hydroxylation sites is 1. The average molecular weight is 334 g/mol. The van der Waals surface area contributed by atoms with Crippen LogP contribution in [0.15, 0.2) is 24.3 Å². The monoisotopic (exact) mass is 334 g/mol. The van der Waals surface area contributed by atoms with Crippen LogP contribution in [-0.4, -0.2) is 23.2 Å². The Morgan fingerprint density at radius 3 is 2.48 bits per heavy atom. The van der Waals surface area contributed by atoms with Crippen LogP contribution >= 0.6 is 12.2 Å². The first-order chi connectivity index (χ1) is 11.1. The highest BCUT2D eigenvalue weighted by atomic mass is 32.1. The minimum Gasteiger partial charge on any atom is -0.490 e. The number of amides is 1. The second-order valence-corrected chi connectivity index (χ2v) is 6.69. The van der Waals surface area contributed by atoms with Crippen LogP contribution in [0.5, 0.6) is 5.75 Å². The summed E-state index contributed by atoms with van der Waals surface area (Å²) in [6.45, 7) is 3.87. The standard InChI is InChI=1S/C18H26N2O2S/c1-13(2)22-16-12-8-7-11-15(16)17(21)20-18(23)19-14-9-5-3-4-6-10-14/h7-8,11-14H,3-6,9-10H2,1-2H3,(H2,19,20,21,23). The summed E-state index contributed by atoms with van der Waals surface area (Å²) < 4.78 is 5.69. The molecule has 1 aromatic carbocycles. The summed E-state index contributed by atoms with van der Waals surface area (Å²) in [7, 11) is 0. The summed E-state index contributed by atoms with van der Waals surface area (Å²) in [4.78, 5) is 12.4. The van der Waals surface area contributed by atoms with Crippen LogP contribution in [0.1, 0.15) is 62.7 Å². The van der Waals surface area contributed by atoms with Gasteiger partial charge in [-0.1, -0.05) is 37.8 Å². The molecule has 1 fully saturated rings. The van der Waals surface area contributed by atoms with E-state index in [4.69, 9.17) is 17.0 Å². The molecular weight excluding hydrogens is 308 g/mol. The summed E-state index contributed by atoms with van der Waals surface area (Å²) in [5, 5.41) is 6.46. The Hall–Kier alpha value is -1.62. The fourth-order valence-electron chi connectivity index (χ4n) is 2.83. The molecule has 0 atom stereocenters. The molecule has 1 amide bonds. The van der Waals surface area contributed by atoms with E-state index in [0.29, 0.717) is 22.5 Å². The fourth-order valence-corrected chi connectivity index (χ4v) is 3.09. The molecule has 1 aliphatic carbocycles. The van der Waals surface area contributed by atoms with Gasteiger partial charge in [-0.3, -0.25) is 10.1 Å². The van der Waals surface area contributed by atoms with Crippen molar-refractivity contribution in [2.24, 2.45) is 0 Å². The number of hydrogen-bond acceptors (Lipinski definition) is 3. The Labute approximate surface area is 144 Å². The van der Waals surface area contributed by atoms with E-state index in [1.54, 1.807) is 12.1 Å². The zero-order valence-corrected chi connectivity index (χ0v) is 14.7. The minimum absolute atomic E-state index is 0.0139. The van der Waals surface area contributed by atoms with E-state index in [1.165, 1.54) is 25.7 Å². The predicted molar refractivity (Wildman–Crippen MR) is 96.9 cm³/mol. The second-order valence-electron chi connectivity index (χ2n) is 6.28. The van der Waals surface area contributed by atoms with Crippen LogP contribution < -0.4 is 15.4 Å². The van der Waals surface area contributed by atoms with Gasteiger partial charge in [0.1, 0.15) is 5.75 Å². The van der Waals surface area contributed by atoms with Gasteiger partial charge in [-0.25, -0.2) is 0 Å². The molecule has 2 rings (SSSR count). The van der Waals surface area contributed by atoms with Crippen LogP contribution in [0.2, 0.25) is 0 Å². The Morgan fingerprint density at radius 1 is 1.17 bits per heavy atom. The largest absolute Gasteiger partial charge is 0.490 e. The van der Waals surface area contributed by atoms with E-state index in [2.05, 4.69) is 10.6 Å². The number of carbonyl (C=O) groups excluding carboxylic acids is 1. The van der Waals surface area contributed by atoms with E-state index in [9.17, 15) is 4.79 Å². The number of benzene rings is 1. The summed E-state index contributed by atoms with van der Waals surface area (Å²) in [6, 6.07) is 7.60. The second kappa shape index (κ2) is 8.87. The Balaban J connectivity index is 1.94. The highest BCUT2D eigenvalue weighted by Gasteiger charge is 2.17. The molecule has 4 nitrogen and oxygen atoms in total. The number of hydrogen-bond donors (Lipinski definition) is 2. The number of rotatable bonds is 4. The topological polar surface area (TPSA) is 50.4 Å². The molecule has 0 spiro atoms. The molecule has 0 bridgehead atoms. The van der Waals surface area contributed by atoms with E-state index in [0.717, 1.165) is 12.8 Å². The molecule has 2 N–H and O–H groups in total. The van der Waals surface area contributed by atoms with Crippen molar-refractivity contribution in [3.05, 3.63) is 29.8 Å². The highest BCUT2D eigenvalue weighted by Crippen LogP contribution is 2.19. The van der Waals surface area contributed by atoms with Crippen LogP contribution in [0, 0.1) is 0 Å². The van der Waals surface area contributed by atoms with Crippen LogP contribution in [0.3, 0.4) is 0 Å². The summed E-state index contributed by atoms with van der Waals surface area (Å²) in [5.41, 5.74) is 0.506. The van der Waals surface area contributed by atoms with E-state index >= 15 is 0 Å². The average Bonchev–Trinajstić information content (AvgIpc) is 2.75. The van der Waals surface area contributed by atoms with Crippen molar-refractivity contribution >= 4 is 23.2 Å². The minimum atomic E-state index is -0.229. The molecule has 1 aliphatic rings. The number of carbonyl (C=O) groups is 1. The van der Waals surface area contributed by atoms with Crippen LogP contribution in [0.4, 0.5) is 0 Å². The third-order valence-corrected chi connectivity index (χ3v) is 4.13. The number of thiocarbonyl (C=S) groups is 1. The van der Waals surface area contributed by atoms with Gasteiger partial charge in [-0.05, 0) is 51.0 Å². The van der Waals surface area contributed by atoms with Crippen LogP contribution in [0.25, 0.3) is 0 Å². The van der Waals surface area contributed by atoms with Gasteiger partial charge in [-0.15, -0.1) is 0 Å². The van der Waals surface area contributed by atoms with Gasteiger partial charge in [-0.2, -0.15) is 0 Å². The van der Waals surface area contributed by atoms with Crippen molar-refractivity contribution in [1.82, 2.24) is 10.6 Å². The van der Waals surface area contributed by atoms with Crippen molar-refractivity contribution in [3.63, 3.8) is 0 Å². The molecule has 0 radical (unpaired) electrons. The van der Waals surface area contributed by atoms with E-state index in [1.807, 2.05) is 26.0 Å². The maximum Gasteiger partial charge on any atom is 0.261 e. The first kappa shape index (κ1) is 17.7. The van der Waals surface area contributed by atoms with Crippen molar-refractivity contribution in [3.8, 4) is 5.75 Å². The van der Waals surface area contributed by atoms with Gasteiger partial charge in [0, 0.05) is 6.04 Å². The zero-order valence-electron chi connectivity index (χ0n) is 13.9. The lowest BCUT2D eigenvalue weighted by atomic mass is 10.1. The lowest BCUT2D eigenvalue weighted by Gasteiger charge is -2.19. The maximum atomic E-state index is 12.4. The van der Waals surface area contributed by atoms with E-state index < -0.39 is 0 Å². The number of ether oxygens (including phenoxy) is 1. The molecular formula is C18H26N2O2S. The van der Waals surface area contributed by atoms with Crippen LogP contribution in [-0.2, 0) is 0 Å². The van der Waals surface area contributed by atoms with E-state index in [-0.39, 0.29) is 12.0 Å².